The van der Waals surface area contributed by atoms with E-state index >= 15 is 0 Å². The van der Waals surface area contributed by atoms with E-state index in [1.54, 1.807) is 34.5 Å². The second kappa shape index (κ2) is 11.6. The van der Waals surface area contributed by atoms with Crippen molar-refractivity contribution in [3.8, 4) is 0 Å². The van der Waals surface area contributed by atoms with Gasteiger partial charge in [0, 0.05) is 23.5 Å². The Morgan fingerprint density at radius 1 is 1.03 bits per heavy atom. The smallest absolute Gasteiger partial charge is 0.254 e. The summed E-state index contributed by atoms with van der Waals surface area (Å²) in [6.45, 7) is 10.5. The van der Waals surface area contributed by atoms with Crippen LogP contribution in [0.15, 0.2) is 35.7 Å². The molecule has 0 radical (unpaired) electrons. The fourth-order valence-electron chi connectivity index (χ4n) is 2.84. The summed E-state index contributed by atoms with van der Waals surface area (Å²) in [5.74, 6) is -0.0230. The summed E-state index contributed by atoms with van der Waals surface area (Å²) in [5, 5.41) is 7.87. The summed E-state index contributed by atoms with van der Waals surface area (Å²) in [4.78, 5) is 43.4. The van der Waals surface area contributed by atoms with Gasteiger partial charge in [-0.25, -0.2) is 4.98 Å². The van der Waals surface area contributed by atoms with E-state index in [4.69, 9.17) is 0 Å². The molecular weight excluding hydrogens is 412 g/mol. The van der Waals surface area contributed by atoms with Crippen LogP contribution in [-0.4, -0.2) is 46.7 Å². The molecule has 1 heterocycles. The summed E-state index contributed by atoms with van der Waals surface area (Å²) in [6, 6.07) is 9.02. The van der Waals surface area contributed by atoms with Crippen LogP contribution in [0.5, 0.6) is 0 Å². The first-order chi connectivity index (χ1) is 14.7. The molecule has 0 spiro atoms. The van der Waals surface area contributed by atoms with Gasteiger partial charge in [0.2, 0.25) is 11.8 Å². The average molecular weight is 445 g/mol. The number of nitrogens with one attached hydrogen (secondary N) is 2. The van der Waals surface area contributed by atoms with E-state index in [2.05, 4.69) is 15.6 Å². The Kier molecular flexibility index (Phi) is 9.18. The molecule has 1 aromatic carbocycles. The van der Waals surface area contributed by atoms with E-state index in [1.165, 1.54) is 11.3 Å². The number of rotatable bonds is 10. The zero-order valence-electron chi connectivity index (χ0n) is 18.8. The van der Waals surface area contributed by atoms with Gasteiger partial charge >= 0.3 is 0 Å². The molecule has 8 heteroatoms. The molecule has 2 rings (SSSR count). The minimum atomic E-state index is -0.316. The Hall–Kier alpha value is -2.74. The van der Waals surface area contributed by atoms with Gasteiger partial charge in [0.25, 0.3) is 5.91 Å². The highest BCUT2D eigenvalue weighted by atomic mass is 32.1. The molecule has 0 bridgehead atoms. The molecule has 0 fully saturated rings. The first kappa shape index (κ1) is 24.5. The fraction of sp³-hybridized carbons (Fsp3) is 0.478. The lowest BCUT2D eigenvalue weighted by atomic mass is 10.1. The van der Waals surface area contributed by atoms with Gasteiger partial charge in [-0.2, -0.15) is 0 Å². The molecule has 2 aromatic rings. The number of hydrogen-bond donors (Lipinski definition) is 2. The molecule has 2 N–H and O–H groups in total. The van der Waals surface area contributed by atoms with Crippen molar-refractivity contribution < 1.29 is 14.4 Å². The van der Waals surface area contributed by atoms with Crippen LogP contribution in [0, 0.1) is 11.8 Å². The fourth-order valence-corrected chi connectivity index (χ4v) is 3.56. The van der Waals surface area contributed by atoms with Crippen molar-refractivity contribution in [1.82, 2.24) is 15.2 Å². The van der Waals surface area contributed by atoms with Gasteiger partial charge in [-0.3, -0.25) is 14.4 Å². The summed E-state index contributed by atoms with van der Waals surface area (Å²) in [6.07, 6.45) is 0.162. The minimum absolute atomic E-state index is 0.0623. The van der Waals surface area contributed by atoms with Crippen LogP contribution >= 0.6 is 11.3 Å². The Balaban J connectivity index is 1.95. The molecule has 0 aliphatic heterocycles. The highest BCUT2D eigenvalue weighted by Gasteiger charge is 2.20. The van der Waals surface area contributed by atoms with E-state index in [-0.39, 0.29) is 42.6 Å². The highest BCUT2D eigenvalue weighted by molar-refractivity contribution is 7.13. The van der Waals surface area contributed by atoms with E-state index in [9.17, 15) is 14.4 Å². The Bertz CT molecular complexity index is 880. The van der Waals surface area contributed by atoms with Crippen molar-refractivity contribution in [3.63, 3.8) is 0 Å². The van der Waals surface area contributed by atoms with Crippen molar-refractivity contribution >= 4 is 34.2 Å². The van der Waals surface area contributed by atoms with Crippen molar-refractivity contribution in [2.75, 3.05) is 18.4 Å². The van der Waals surface area contributed by atoms with Crippen LogP contribution in [-0.2, 0) is 16.0 Å². The zero-order valence-corrected chi connectivity index (χ0v) is 19.7. The second-order valence-corrected chi connectivity index (χ2v) is 9.27. The normalized spacial score (nSPS) is 12.0. The van der Waals surface area contributed by atoms with Crippen LogP contribution in [0.4, 0.5) is 5.13 Å². The summed E-state index contributed by atoms with van der Waals surface area (Å²) >= 11 is 1.26. The zero-order chi connectivity index (χ0) is 23.0. The molecule has 1 atom stereocenters. The van der Waals surface area contributed by atoms with Gasteiger partial charge in [-0.05, 0) is 30.9 Å². The van der Waals surface area contributed by atoms with Crippen molar-refractivity contribution in [1.29, 1.82) is 0 Å². The van der Waals surface area contributed by atoms with E-state index in [1.807, 2.05) is 40.7 Å². The summed E-state index contributed by atoms with van der Waals surface area (Å²) < 4.78 is 0. The van der Waals surface area contributed by atoms with Gasteiger partial charge in [0.1, 0.15) is 6.54 Å². The maximum Gasteiger partial charge on any atom is 0.254 e. The third-order valence-electron chi connectivity index (χ3n) is 4.76. The number of benzene rings is 1. The predicted molar refractivity (Wildman–Crippen MR) is 124 cm³/mol. The predicted octanol–water partition coefficient (Wildman–Crippen LogP) is 3.58. The molecule has 1 aromatic heterocycles. The van der Waals surface area contributed by atoms with Crippen molar-refractivity contribution in [3.05, 3.63) is 47.0 Å². The van der Waals surface area contributed by atoms with Crippen molar-refractivity contribution in [2.24, 2.45) is 11.8 Å². The third kappa shape index (κ3) is 8.13. The van der Waals surface area contributed by atoms with Crippen LogP contribution < -0.4 is 10.6 Å². The molecule has 0 saturated carbocycles. The molecule has 168 valence electrons. The van der Waals surface area contributed by atoms with Gasteiger partial charge in [-0.15, -0.1) is 11.3 Å². The Morgan fingerprint density at radius 3 is 2.32 bits per heavy atom. The average Bonchev–Trinajstić information content (AvgIpc) is 3.13. The lowest BCUT2D eigenvalue weighted by Crippen LogP contribution is -2.40. The second-order valence-electron chi connectivity index (χ2n) is 8.41. The first-order valence-electron chi connectivity index (χ1n) is 10.5. The van der Waals surface area contributed by atoms with E-state index in [0.29, 0.717) is 28.9 Å². The Labute approximate surface area is 188 Å². The number of hydrogen-bond acceptors (Lipinski definition) is 5. The van der Waals surface area contributed by atoms with E-state index in [0.717, 1.165) is 0 Å². The number of nitrogens with zero attached hydrogens (tertiary/aromatic N) is 2. The van der Waals surface area contributed by atoms with Crippen molar-refractivity contribution in [2.45, 2.75) is 47.1 Å². The number of thiazole rings is 1. The van der Waals surface area contributed by atoms with Crippen LogP contribution in [0.25, 0.3) is 0 Å². The van der Waals surface area contributed by atoms with Gasteiger partial charge < -0.3 is 15.5 Å². The van der Waals surface area contributed by atoms with Crippen LogP contribution in [0.2, 0.25) is 0 Å². The standard InChI is InChI=1S/C23H32N4O3S/c1-15(2)12-27(22(30)18-9-7-6-8-10-18)13-21(29)26-23-25-19(14-31-23)11-20(28)24-17(5)16(3)4/h6-10,14-17H,11-13H2,1-5H3,(H,24,28)(H,25,26,29). The van der Waals surface area contributed by atoms with Gasteiger partial charge in [-0.1, -0.05) is 45.9 Å². The number of aromatic nitrogens is 1. The van der Waals surface area contributed by atoms with Crippen LogP contribution in [0.1, 0.15) is 50.7 Å². The van der Waals surface area contributed by atoms with Crippen LogP contribution in [0.3, 0.4) is 0 Å². The molecule has 0 aliphatic rings. The molecule has 7 nitrogen and oxygen atoms in total. The molecule has 0 aliphatic carbocycles. The number of amides is 3. The third-order valence-corrected chi connectivity index (χ3v) is 5.56. The van der Waals surface area contributed by atoms with Gasteiger partial charge in [0.05, 0.1) is 12.1 Å². The lowest BCUT2D eigenvalue weighted by Gasteiger charge is -2.24. The molecule has 0 saturated heterocycles. The first-order valence-corrected chi connectivity index (χ1v) is 11.4. The number of anilines is 1. The molecule has 1 unspecified atom stereocenters. The van der Waals surface area contributed by atoms with E-state index < -0.39 is 0 Å². The molecule has 3 amide bonds. The minimum Gasteiger partial charge on any atom is -0.353 e. The summed E-state index contributed by atoms with van der Waals surface area (Å²) in [5.41, 5.74) is 1.15. The quantitative estimate of drug-likeness (QED) is 0.586. The summed E-state index contributed by atoms with van der Waals surface area (Å²) in [7, 11) is 0. The number of carbonyl (C=O) groups is 3. The van der Waals surface area contributed by atoms with Gasteiger partial charge in [0.15, 0.2) is 5.13 Å². The maximum absolute atomic E-state index is 12.8. The highest BCUT2D eigenvalue weighted by Crippen LogP contribution is 2.16. The monoisotopic (exact) mass is 444 g/mol. The maximum atomic E-state index is 12.8. The topological polar surface area (TPSA) is 91.4 Å². The Morgan fingerprint density at radius 2 is 1.71 bits per heavy atom. The molecule has 31 heavy (non-hydrogen) atoms. The molecular formula is C23H32N4O3S. The SMILES string of the molecule is CC(C)CN(CC(=O)Nc1nc(CC(=O)NC(C)C(C)C)cs1)C(=O)c1ccccc1. The largest absolute Gasteiger partial charge is 0.353 e. The number of carbonyl (C=O) groups excluding carboxylic acids is 3. The lowest BCUT2D eigenvalue weighted by molar-refractivity contribution is -0.121.